The molecular weight excluding hydrogens is 412 g/mol. The second-order valence-corrected chi connectivity index (χ2v) is 8.41. The number of aromatic amines is 1. The van der Waals surface area contributed by atoms with Gasteiger partial charge in [0.2, 0.25) is 5.62 Å². The average Bonchev–Trinajstić information content (AvgIpc) is 3.17. The molecule has 2 aromatic heterocycles. The number of nitrogens with zero attached hydrogens (tertiary/aromatic N) is 4. The third-order valence-corrected chi connectivity index (χ3v) is 5.08. The van der Waals surface area contributed by atoms with Gasteiger partial charge in [-0.15, -0.1) is 0 Å². The highest BCUT2D eigenvalue weighted by Crippen LogP contribution is 2.34. The maximum Gasteiger partial charge on any atom is 0.227 e. The number of hydrogen-bond acceptors (Lipinski definition) is 8. The zero-order chi connectivity index (χ0) is 23.6. The lowest BCUT2D eigenvalue weighted by molar-refractivity contribution is 0.202. The summed E-state index contributed by atoms with van der Waals surface area (Å²) >= 11 is 0. The van der Waals surface area contributed by atoms with Gasteiger partial charge >= 0.3 is 0 Å². The number of benzene rings is 1. The molecule has 3 aromatic rings. The normalized spacial score (nSPS) is 13.3. The van der Waals surface area contributed by atoms with Crippen molar-refractivity contribution < 1.29 is 20.1 Å². The number of fused-ring (bicyclic) bond motifs is 1. The number of aromatic nitrogens is 4. The lowest BCUT2D eigenvalue weighted by Gasteiger charge is -2.17. The van der Waals surface area contributed by atoms with E-state index in [9.17, 15) is 15.3 Å². The van der Waals surface area contributed by atoms with Gasteiger partial charge in [-0.2, -0.15) is 10.1 Å². The molecule has 0 radical (unpaired) electrons. The summed E-state index contributed by atoms with van der Waals surface area (Å²) in [4.78, 5) is 9.23. The van der Waals surface area contributed by atoms with Crippen LogP contribution in [0.3, 0.4) is 0 Å². The van der Waals surface area contributed by atoms with Crippen molar-refractivity contribution in [2.75, 3.05) is 19.0 Å². The maximum atomic E-state index is 10.3. The van der Waals surface area contributed by atoms with Crippen molar-refractivity contribution in [2.45, 2.75) is 59.2 Å². The minimum Gasteiger partial charge on any atom is -0.507 e. The van der Waals surface area contributed by atoms with Crippen LogP contribution < -0.4 is 15.7 Å². The highest BCUT2D eigenvalue weighted by atomic mass is 16.5. The van der Waals surface area contributed by atoms with Crippen molar-refractivity contribution in [3.8, 4) is 17.2 Å². The summed E-state index contributed by atoms with van der Waals surface area (Å²) in [6, 6.07) is 2.87. The largest absolute Gasteiger partial charge is 0.507 e. The molecule has 0 aliphatic carbocycles. The van der Waals surface area contributed by atoms with E-state index in [0.717, 1.165) is 11.2 Å². The quantitative estimate of drug-likeness (QED) is 0.336. The second kappa shape index (κ2) is 9.47. The van der Waals surface area contributed by atoms with Crippen LogP contribution in [0.15, 0.2) is 17.1 Å². The van der Waals surface area contributed by atoms with Crippen molar-refractivity contribution in [3.05, 3.63) is 29.0 Å². The first-order valence-corrected chi connectivity index (χ1v) is 10.7. The fourth-order valence-electron chi connectivity index (χ4n) is 3.49. The number of phenols is 2. The van der Waals surface area contributed by atoms with E-state index in [-0.39, 0.29) is 42.3 Å². The molecule has 0 amide bonds. The number of hydrogen-bond donors (Lipinski definition) is 5. The summed E-state index contributed by atoms with van der Waals surface area (Å²) < 4.78 is 7.04. The van der Waals surface area contributed by atoms with E-state index in [4.69, 9.17) is 9.72 Å². The molecule has 0 saturated carbocycles. The van der Waals surface area contributed by atoms with Gasteiger partial charge in [0, 0.05) is 24.2 Å². The molecule has 0 spiro atoms. The van der Waals surface area contributed by atoms with Crippen LogP contribution in [0.25, 0.3) is 11.0 Å². The maximum absolute atomic E-state index is 10.3. The molecule has 174 valence electrons. The van der Waals surface area contributed by atoms with E-state index in [0.29, 0.717) is 22.5 Å². The van der Waals surface area contributed by atoms with E-state index >= 15 is 0 Å². The Kier molecular flexibility index (Phi) is 6.93. The molecule has 0 aliphatic rings. The number of phenolic OH excluding ortho intramolecular Hbond substituents is 2. The first kappa shape index (κ1) is 23.4. The lowest BCUT2D eigenvalue weighted by atomic mass is 10.1. The Morgan fingerprint density at radius 2 is 1.88 bits per heavy atom. The fraction of sp³-hybridized carbons (Fsp3) is 0.500. The predicted octanol–water partition coefficient (Wildman–Crippen LogP) is 2.78. The smallest absolute Gasteiger partial charge is 0.227 e. The summed E-state index contributed by atoms with van der Waals surface area (Å²) in [6.45, 7) is 10.3. The van der Waals surface area contributed by atoms with Crippen molar-refractivity contribution in [3.63, 3.8) is 0 Å². The molecule has 3 rings (SSSR count). The van der Waals surface area contributed by atoms with E-state index in [1.165, 1.54) is 19.2 Å². The van der Waals surface area contributed by atoms with Crippen LogP contribution in [-0.4, -0.2) is 54.8 Å². The average molecular weight is 445 g/mol. The van der Waals surface area contributed by atoms with Gasteiger partial charge in [-0.3, -0.25) is 5.10 Å². The molecular formula is C22H32N6O4. The minimum atomic E-state index is -0.599. The standard InChI is InChI=1S/C22H32N6O4/c1-11(2)18-20-19(27-26-18)21(25-22(24-9-13(5)29)28(20)12(3)4)23-10-14-7-16(31)17(32-6)8-15(14)30/h7-8,11-13,29-31H,9-10H2,1-6H3,(H,26,27)(H,23,24,25). The van der Waals surface area contributed by atoms with Crippen LogP contribution in [0.1, 0.15) is 57.8 Å². The van der Waals surface area contributed by atoms with Crippen molar-refractivity contribution in [1.29, 1.82) is 0 Å². The summed E-state index contributed by atoms with van der Waals surface area (Å²) in [5.74, 6) is 0.782. The molecule has 32 heavy (non-hydrogen) atoms. The molecule has 10 nitrogen and oxygen atoms in total. The van der Waals surface area contributed by atoms with Gasteiger partial charge in [0.05, 0.1) is 31.0 Å². The van der Waals surface area contributed by atoms with Gasteiger partial charge in [0.15, 0.2) is 22.8 Å². The van der Waals surface area contributed by atoms with Gasteiger partial charge in [-0.25, -0.2) is 4.99 Å². The van der Waals surface area contributed by atoms with Crippen LogP contribution >= 0.6 is 0 Å². The van der Waals surface area contributed by atoms with E-state index in [2.05, 4.69) is 34.4 Å². The highest BCUT2D eigenvalue weighted by molar-refractivity contribution is 5.87. The Labute approximate surface area is 186 Å². The first-order chi connectivity index (χ1) is 15.1. The summed E-state index contributed by atoms with van der Waals surface area (Å²) in [6.07, 6.45) is -0.599. The number of aromatic hydroxyl groups is 2. The van der Waals surface area contributed by atoms with Crippen molar-refractivity contribution >= 4 is 16.9 Å². The molecule has 0 aliphatic heterocycles. The predicted molar refractivity (Wildman–Crippen MR) is 122 cm³/mol. The van der Waals surface area contributed by atoms with E-state index in [1.54, 1.807) is 6.92 Å². The summed E-state index contributed by atoms with van der Waals surface area (Å²) in [7, 11) is 1.42. The lowest BCUT2D eigenvalue weighted by Crippen LogP contribution is -2.29. The SMILES string of the molecule is COc1cc(O)c(CNc2nc(=NCC(C)O)n(C(C)C)c3c(C(C)C)[nH]nc23)cc1O. The minimum absolute atomic E-state index is 0.0134. The molecule has 10 heteroatoms. The van der Waals surface area contributed by atoms with Crippen LogP contribution in [0, 0.1) is 0 Å². The molecule has 1 unspecified atom stereocenters. The Bertz CT molecular complexity index is 1160. The van der Waals surface area contributed by atoms with Crippen LogP contribution in [0.5, 0.6) is 17.2 Å². The zero-order valence-electron chi connectivity index (χ0n) is 19.3. The van der Waals surface area contributed by atoms with Crippen molar-refractivity contribution in [2.24, 2.45) is 4.99 Å². The Hall–Kier alpha value is -3.27. The number of nitrogens with one attached hydrogen (secondary N) is 2. The molecule has 0 bridgehead atoms. The summed E-state index contributed by atoms with van der Waals surface area (Å²) in [5, 5.41) is 41.0. The van der Waals surface area contributed by atoms with Gasteiger partial charge in [-0.05, 0) is 32.8 Å². The molecule has 0 fully saturated rings. The van der Waals surface area contributed by atoms with E-state index in [1.807, 2.05) is 18.4 Å². The highest BCUT2D eigenvalue weighted by Gasteiger charge is 2.20. The number of aliphatic hydroxyl groups is 1. The number of anilines is 1. The van der Waals surface area contributed by atoms with Crippen LogP contribution in [0.4, 0.5) is 5.82 Å². The molecule has 0 saturated heterocycles. The van der Waals surface area contributed by atoms with E-state index < -0.39 is 6.10 Å². The first-order valence-electron chi connectivity index (χ1n) is 10.7. The van der Waals surface area contributed by atoms with Crippen LogP contribution in [-0.2, 0) is 6.54 Å². The fourth-order valence-corrected chi connectivity index (χ4v) is 3.49. The number of H-pyrrole nitrogens is 1. The third kappa shape index (κ3) is 4.64. The Balaban J connectivity index is 2.14. The number of rotatable bonds is 8. The Morgan fingerprint density at radius 1 is 1.16 bits per heavy atom. The van der Waals surface area contributed by atoms with Gasteiger partial charge < -0.3 is 29.9 Å². The molecule has 1 atom stereocenters. The second-order valence-electron chi connectivity index (χ2n) is 8.41. The van der Waals surface area contributed by atoms with Crippen molar-refractivity contribution in [1.82, 2.24) is 19.7 Å². The van der Waals surface area contributed by atoms with Gasteiger partial charge in [0.25, 0.3) is 0 Å². The molecule has 2 heterocycles. The Morgan fingerprint density at radius 3 is 2.47 bits per heavy atom. The molecule has 1 aromatic carbocycles. The van der Waals surface area contributed by atoms with Gasteiger partial charge in [0.1, 0.15) is 5.75 Å². The number of ether oxygens (including phenoxy) is 1. The monoisotopic (exact) mass is 444 g/mol. The number of methoxy groups -OCH3 is 1. The van der Waals surface area contributed by atoms with Gasteiger partial charge in [-0.1, -0.05) is 13.8 Å². The topological polar surface area (TPSA) is 141 Å². The summed E-state index contributed by atoms with van der Waals surface area (Å²) in [5.41, 5.74) is 3.44. The zero-order valence-corrected chi connectivity index (χ0v) is 19.3. The number of aliphatic hydroxyl groups excluding tert-OH is 1. The third-order valence-electron chi connectivity index (χ3n) is 5.08. The molecule has 5 N–H and O–H groups in total. The van der Waals surface area contributed by atoms with Crippen LogP contribution in [0.2, 0.25) is 0 Å².